The fourth-order valence-electron chi connectivity index (χ4n) is 2.07. The molecule has 0 bridgehead atoms. The quantitative estimate of drug-likeness (QED) is 0.856. The molecule has 1 aliphatic rings. The Hall–Kier alpha value is -2.70. The van der Waals surface area contributed by atoms with Crippen molar-refractivity contribution in [2.45, 2.75) is 6.92 Å². The Balaban J connectivity index is 1.99. The van der Waals surface area contributed by atoms with Crippen LogP contribution in [0.15, 0.2) is 36.3 Å². The van der Waals surface area contributed by atoms with Gasteiger partial charge in [-0.05, 0) is 19.1 Å². The molecule has 1 aromatic rings. The number of carbonyl (C=O) groups is 2. The summed E-state index contributed by atoms with van der Waals surface area (Å²) < 4.78 is 15.5. The van der Waals surface area contributed by atoms with Crippen LogP contribution in [0.3, 0.4) is 0 Å². The molecule has 2 rings (SSSR count). The van der Waals surface area contributed by atoms with Crippen LogP contribution < -0.4 is 10.1 Å². The molecule has 7 heteroatoms. The lowest BCUT2D eigenvalue weighted by Gasteiger charge is -2.23. The third-order valence-electron chi connectivity index (χ3n) is 3.24. The number of nitrogens with one attached hydrogen (secondary N) is 1. The van der Waals surface area contributed by atoms with Gasteiger partial charge in [-0.3, -0.25) is 9.59 Å². The number of ether oxygens (including phenoxy) is 3. The molecule has 0 radical (unpaired) electrons. The van der Waals surface area contributed by atoms with E-state index in [9.17, 15) is 9.59 Å². The molecule has 0 saturated heterocycles. The maximum absolute atomic E-state index is 12.3. The van der Waals surface area contributed by atoms with Gasteiger partial charge in [-0.2, -0.15) is 0 Å². The second kappa shape index (κ2) is 8.07. The number of nitrogens with zero attached hydrogens (tertiary/aromatic N) is 1. The summed E-state index contributed by atoms with van der Waals surface area (Å²) in [7, 11) is 1.53. The molecule has 0 unspecified atom stereocenters. The number of hydrogen-bond acceptors (Lipinski definition) is 5. The maximum atomic E-state index is 12.3. The molecule has 1 N–H and O–H groups in total. The molecule has 0 aromatic heterocycles. The Morgan fingerprint density at radius 2 is 2.09 bits per heavy atom. The van der Waals surface area contributed by atoms with Crippen molar-refractivity contribution in [1.82, 2.24) is 4.90 Å². The van der Waals surface area contributed by atoms with Crippen molar-refractivity contribution in [3.8, 4) is 5.75 Å². The van der Waals surface area contributed by atoms with Gasteiger partial charge in [0.25, 0.3) is 5.91 Å². The van der Waals surface area contributed by atoms with Gasteiger partial charge in [0, 0.05) is 6.54 Å². The molecule has 0 atom stereocenters. The van der Waals surface area contributed by atoms with Crippen LogP contribution in [0.5, 0.6) is 5.75 Å². The van der Waals surface area contributed by atoms with Crippen LogP contribution in [0.4, 0.5) is 5.69 Å². The van der Waals surface area contributed by atoms with Crippen molar-refractivity contribution < 1.29 is 23.8 Å². The fourth-order valence-corrected chi connectivity index (χ4v) is 2.07. The molecule has 0 saturated carbocycles. The van der Waals surface area contributed by atoms with Gasteiger partial charge in [0.1, 0.15) is 31.8 Å². The van der Waals surface area contributed by atoms with E-state index in [1.807, 2.05) is 6.07 Å². The second-order valence-corrected chi connectivity index (χ2v) is 4.77. The topological polar surface area (TPSA) is 77.1 Å². The normalized spacial score (nSPS) is 13.2. The van der Waals surface area contributed by atoms with Crippen molar-refractivity contribution >= 4 is 17.5 Å². The molecule has 0 aliphatic carbocycles. The van der Waals surface area contributed by atoms with Crippen LogP contribution >= 0.6 is 0 Å². The Morgan fingerprint density at radius 1 is 1.30 bits per heavy atom. The summed E-state index contributed by atoms with van der Waals surface area (Å²) in [5.74, 6) is -0.0189. The number of methoxy groups -OCH3 is 1. The molecular formula is C16H20N2O5. The predicted octanol–water partition coefficient (Wildman–Crippen LogP) is 1.37. The van der Waals surface area contributed by atoms with Crippen LogP contribution in [-0.4, -0.2) is 50.1 Å². The summed E-state index contributed by atoms with van der Waals surface area (Å²) >= 11 is 0. The van der Waals surface area contributed by atoms with E-state index in [4.69, 9.17) is 14.2 Å². The number of para-hydroxylation sites is 2. The summed E-state index contributed by atoms with van der Waals surface area (Å²) in [6.07, 6.45) is 1.28. The minimum absolute atomic E-state index is 0.0892. The second-order valence-electron chi connectivity index (χ2n) is 4.77. The van der Waals surface area contributed by atoms with E-state index in [0.717, 1.165) is 0 Å². The van der Waals surface area contributed by atoms with Gasteiger partial charge < -0.3 is 24.4 Å². The maximum Gasteiger partial charge on any atom is 0.292 e. The number of amides is 2. The van der Waals surface area contributed by atoms with E-state index in [0.29, 0.717) is 31.2 Å². The van der Waals surface area contributed by atoms with E-state index >= 15 is 0 Å². The average Bonchev–Trinajstić information content (AvgIpc) is 2.60. The molecule has 23 heavy (non-hydrogen) atoms. The third kappa shape index (κ3) is 4.38. The summed E-state index contributed by atoms with van der Waals surface area (Å²) in [4.78, 5) is 25.9. The molecule has 7 nitrogen and oxygen atoms in total. The fraction of sp³-hybridized carbons (Fsp3) is 0.375. The highest BCUT2D eigenvalue weighted by Gasteiger charge is 2.23. The van der Waals surface area contributed by atoms with Gasteiger partial charge in [0.05, 0.1) is 12.8 Å². The number of rotatable bonds is 6. The lowest BCUT2D eigenvalue weighted by Crippen LogP contribution is -2.39. The van der Waals surface area contributed by atoms with Gasteiger partial charge in [0.15, 0.2) is 0 Å². The van der Waals surface area contributed by atoms with E-state index in [1.165, 1.54) is 18.3 Å². The molecule has 1 aliphatic heterocycles. The van der Waals surface area contributed by atoms with E-state index in [1.54, 1.807) is 25.1 Å². The smallest absolute Gasteiger partial charge is 0.292 e. The number of anilines is 1. The van der Waals surface area contributed by atoms with Gasteiger partial charge in [-0.25, -0.2) is 0 Å². The van der Waals surface area contributed by atoms with Gasteiger partial charge >= 0.3 is 0 Å². The van der Waals surface area contributed by atoms with E-state index in [2.05, 4.69) is 5.32 Å². The van der Waals surface area contributed by atoms with E-state index < -0.39 is 0 Å². The summed E-state index contributed by atoms with van der Waals surface area (Å²) in [6, 6.07) is 7.08. The third-order valence-corrected chi connectivity index (χ3v) is 3.24. The van der Waals surface area contributed by atoms with Crippen molar-refractivity contribution in [1.29, 1.82) is 0 Å². The van der Waals surface area contributed by atoms with Gasteiger partial charge in [-0.15, -0.1) is 0 Å². The molecule has 1 heterocycles. The van der Waals surface area contributed by atoms with Crippen LogP contribution in [-0.2, 0) is 19.1 Å². The molecule has 124 valence electrons. The first-order valence-electron chi connectivity index (χ1n) is 7.32. The largest absolute Gasteiger partial charge is 0.495 e. The number of likely N-dealkylation sites (N-methyl/N-ethyl adjacent to an activating group) is 1. The Bertz CT molecular complexity index is 600. The lowest BCUT2D eigenvalue weighted by atomic mass is 10.3. The van der Waals surface area contributed by atoms with Crippen LogP contribution in [0.1, 0.15) is 6.92 Å². The SMILES string of the molecule is CCN(CC(=O)Nc1ccccc1OC)C(=O)C1=COCCO1. The minimum atomic E-state index is -0.373. The molecule has 0 fully saturated rings. The summed E-state index contributed by atoms with van der Waals surface area (Å²) in [6.45, 7) is 2.81. The number of benzene rings is 1. The first-order chi connectivity index (χ1) is 11.2. The highest BCUT2D eigenvalue weighted by Crippen LogP contribution is 2.22. The summed E-state index contributed by atoms with van der Waals surface area (Å²) in [5, 5.41) is 2.73. The average molecular weight is 320 g/mol. The van der Waals surface area contributed by atoms with Crippen molar-refractivity contribution in [3.05, 3.63) is 36.3 Å². The standard InChI is InChI=1S/C16H20N2O5/c1-3-18(16(20)14-11-22-8-9-23-14)10-15(19)17-12-6-4-5-7-13(12)21-2/h4-7,11H,3,8-10H2,1-2H3,(H,17,19). The van der Waals surface area contributed by atoms with Crippen molar-refractivity contribution in [2.24, 2.45) is 0 Å². The monoisotopic (exact) mass is 320 g/mol. The Labute approximate surface area is 134 Å². The number of hydrogen-bond donors (Lipinski definition) is 1. The van der Waals surface area contributed by atoms with Crippen molar-refractivity contribution in [2.75, 3.05) is 38.7 Å². The molecule has 2 amide bonds. The zero-order chi connectivity index (χ0) is 16.7. The Morgan fingerprint density at radius 3 is 2.74 bits per heavy atom. The zero-order valence-corrected chi connectivity index (χ0v) is 13.2. The van der Waals surface area contributed by atoms with Crippen molar-refractivity contribution in [3.63, 3.8) is 0 Å². The number of carbonyl (C=O) groups excluding carboxylic acids is 2. The molecular weight excluding hydrogens is 300 g/mol. The molecule has 0 spiro atoms. The molecule has 1 aromatic carbocycles. The van der Waals surface area contributed by atoms with Gasteiger partial charge in [-0.1, -0.05) is 12.1 Å². The van der Waals surface area contributed by atoms with Crippen LogP contribution in [0.25, 0.3) is 0 Å². The summed E-state index contributed by atoms with van der Waals surface area (Å²) in [5.41, 5.74) is 0.556. The highest BCUT2D eigenvalue weighted by atomic mass is 16.6. The van der Waals surface area contributed by atoms with E-state index in [-0.39, 0.29) is 24.1 Å². The van der Waals surface area contributed by atoms with Crippen LogP contribution in [0, 0.1) is 0 Å². The first kappa shape index (κ1) is 16.7. The van der Waals surface area contributed by atoms with Gasteiger partial charge in [0.2, 0.25) is 11.7 Å². The lowest BCUT2D eigenvalue weighted by molar-refractivity contribution is -0.135. The zero-order valence-electron chi connectivity index (χ0n) is 13.2. The first-order valence-corrected chi connectivity index (χ1v) is 7.32. The minimum Gasteiger partial charge on any atom is -0.495 e. The highest BCUT2D eigenvalue weighted by molar-refractivity contribution is 5.98. The Kier molecular flexibility index (Phi) is 5.85. The predicted molar refractivity (Wildman–Crippen MR) is 83.9 cm³/mol. The van der Waals surface area contributed by atoms with Crippen LogP contribution in [0.2, 0.25) is 0 Å².